The molecule has 0 unspecified atom stereocenters. The average molecular weight is 227 g/mol. The van der Waals surface area contributed by atoms with E-state index in [0.29, 0.717) is 5.92 Å². The van der Waals surface area contributed by atoms with Crippen molar-refractivity contribution in [3.05, 3.63) is 40.5 Å². The molecule has 2 N–H and O–H groups in total. The molecule has 88 valence electrons. The van der Waals surface area contributed by atoms with Crippen molar-refractivity contribution < 1.29 is 4.79 Å². The van der Waals surface area contributed by atoms with Crippen molar-refractivity contribution in [3.63, 3.8) is 0 Å². The summed E-state index contributed by atoms with van der Waals surface area (Å²) in [5, 5.41) is 0. The zero-order chi connectivity index (χ0) is 12.0. The second-order valence-electron chi connectivity index (χ2n) is 5.13. The number of aryl methyl sites for hydroxylation is 1. The van der Waals surface area contributed by atoms with E-state index in [2.05, 4.69) is 25.1 Å². The predicted molar refractivity (Wildman–Crippen MR) is 68.3 cm³/mol. The molecule has 0 radical (unpaired) electrons. The topological polar surface area (TPSA) is 43.1 Å². The van der Waals surface area contributed by atoms with Crippen LogP contribution < -0.4 is 5.73 Å². The summed E-state index contributed by atoms with van der Waals surface area (Å²) in [6.07, 6.45) is 4.29. The maximum atomic E-state index is 11.6. The highest BCUT2D eigenvalue weighted by Crippen LogP contribution is 2.44. The van der Waals surface area contributed by atoms with E-state index in [1.54, 1.807) is 0 Å². The number of carbonyl (C=O) groups excluding carboxylic acids is 1. The van der Waals surface area contributed by atoms with Gasteiger partial charge in [-0.1, -0.05) is 18.2 Å². The second kappa shape index (κ2) is 3.73. The van der Waals surface area contributed by atoms with E-state index in [4.69, 9.17) is 5.73 Å². The van der Waals surface area contributed by atoms with Crippen LogP contribution in [-0.2, 0) is 11.2 Å². The fraction of sp³-hybridized carbons (Fsp3) is 0.400. The molecule has 17 heavy (non-hydrogen) atoms. The molecule has 1 aromatic rings. The number of hydrogen-bond donors (Lipinski definition) is 1. The van der Waals surface area contributed by atoms with Gasteiger partial charge >= 0.3 is 0 Å². The van der Waals surface area contributed by atoms with Crippen LogP contribution in [0.15, 0.2) is 23.8 Å². The third-order valence-corrected chi connectivity index (χ3v) is 3.94. The largest absolute Gasteiger partial charge is 0.366 e. The van der Waals surface area contributed by atoms with Gasteiger partial charge in [0.05, 0.1) is 0 Å². The molecule has 0 aliphatic heterocycles. The maximum Gasteiger partial charge on any atom is 0.245 e. The van der Waals surface area contributed by atoms with Crippen LogP contribution in [0.1, 0.15) is 36.0 Å². The first-order valence-electron chi connectivity index (χ1n) is 6.30. The van der Waals surface area contributed by atoms with E-state index in [1.807, 2.05) is 0 Å². The molecule has 0 saturated heterocycles. The van der Waals surface area contributed by atoms with Crippen LogP contribution in [0.2, 0.25) is 0 Å². The molecule has 0 aromatic heterocycles. The molecule has 0 bridgehead atoms. The van der Waals surface area contributed by atoms with Crippen molar-refractivity contribution in [2.75, 3.05) is 0 Å². The predicted octanol–water partition coefficient (Wildman–Crippen LogP) is 2.59. The number of rotatable bonds is 2. The zero-order valence-electron chi connectivity index (χ0n) is 10.1. The number of allylic oxidation sites excluding steroid dienone is 1. The van der Waals surface area contributed by atoms with Crippen LogP contribution in [0.4, 0.5) is 0 Å². The molecule has 3 rings (SSSR count). The van der Waals surface area contributed by atoms with Gasteiger partial charge in [0.2, 0.25) is 5.91 Å². The number of hydrogen-bond acceptors (Lipinski definition) is 1. The van der Waals surface area contributed by atoms with Crippen LogP contribution in [0.5, 0.6) is 0 Å². The molecule has 2 aliphatic rings. The van der Waals surface area contributed by atoms with Crippen molar-refractivity contribution in [1.82, 2.24) is 0 Å². The van der Waals surface area contributed by atoms with Crippen molar-refractivity contribution in [3.8, 4) is 0 Å². The van der Waals surface area contributed by atoms with Gasteiger partial charge < -0.3 is 5.73 Å². The highest BCUT2D eigenvalue weighted by atomic mass is 16.1. The monoisotopic (exact) mass is 227 g/mol. The Bertz CT molecular complexity index is 524. The summed E-state index contributed by atoms with van der Waals surface area (Å²) >= 11 is 0. The van der Waals surface area contributed by atoms with Crippen molar-refractivity contribution in [1.29, 1.82) is 0 Å². The Morgan fingerprint density at radius 1 is 1.29 bits per heavy atom. The van der Waals surface area contributed by atoms with Gasteiger partial charge in [0.25, 0.3) is 0 Å². The first-order chi connectivity index (χ1) is 8.18. The number of primary amides is 1. The molecule has 2 aliphatic carbocycles. The maximum absolute atomic E-state index is 11.6. The highest BCUT2D eigenvalue weighted by Gasteiger charge is 2.34. The summed E-state index contributed by atoms with van der Waals surface area (Å²) in [6.45, 7) is 2.14. The van der Waals surface area contributed by atoms with E-state index in [0.717, 1.165) is 31.3 Å². The Hall–Kier alpha value is -1.57. The van der Waals surface area contributed by atoms with E-state index in [1.165, 1.54) is 22.3 Å². The van der Waals surface area contributed by atoms with Crippen LogP contribution in [0.3, 0.4) is 0 Å². The smallest absolute Gasteiger partial charge is 0.245 e. The fourth-order valence-electron chi connectivity index (χ4n) is 2.95. The van der Waals surface area contributed by atoms with E-state index >= 15 is 0 Å². The fourth-order valence-corrected chi connectivity index (χ4v) is 2.95. The van der Waals surface area contributed by atoms with Crippen LogP contribution in [0, 0.1) is 12.8 Å². The zero-order valence-corrected chi connectivity index (χ0v) is 10.1. The Morgan fingerprint density at radius 2 is 2.06 bits per heavy atom. The van der Waals surface area contributed by atoms with Crippen LogP contribution in [-0.4, -0.2) is 5.91 Å². The van der Waals surface area contributed by atoms with Crippen molar-refractivity contribution in [2.24, 2.45) is 11.7 Å². The average Bonchev–Trinajstić information content (AvgIpc) is 3.00. The normalized spacial score (nSPS) is 21.2. The number of benzene rings is 1. The lowest BCUT2D eigenvalue weighted by Gasteiger charge is -2.09. The van der Waals surface area contributed by atoms with Gasteiger partial charge in [0.1, 0.15) is 0 Å². The van der Waals surface area contributed by atoms with Gasteiger partial charge in [-0.15, -0.1) is 0 Å². The molecule has 1 saturated carbocycles. The Balaban J connectivity index is 2.16. The van der Waals surface area contributed by atoms with Gasteiger partial charge in [-0.2, -0.15) is 0 Å². The third kappa shape index (κ3) is 1.68. The number of carbonyl (C=O) groups is 1. The Labute approximate surface area is 102 Å². The number of amides is 1. The molecule has 0 atom stereocenters. The van der Waals surface area contributed by atoms with Gasteiger partial charge in [-0.25, -0.2) is 0 Å². The van der Waals surface area contributed by atoms with Gasteiger partial charge in [-0.05, 0) is 60.8 Å². The Morgan fingerprint density at radius 3 is 2.71 bits per heavy atom. The van der Waals surface area contributed by atoms with Crippen LogP contribution in [0.25, 0.3) is 5.57 Å². The lowest BCUT2D eigenvalue weighted by Crippen LogP contribution is -2.16. The summed E-state index contributed by atoms with van der Waals surface area (Å²) in [5.74, 6) is 0.228. The molecule has 1 aromatic carbocycles. The SMILES string of the molecule is Cc1cccc2c1CCC2=C(C(N)=O)C1CC1. The third-order valence-electron chi connectivity index (χ3n) is 3.94. The van der Waals surface area contributed by atoms with E-state index in [-0.39, 0.29) is 5.91 Å². The minimum absolute atomic E-state index is 0.211. The first-order valence-corrected chi connectivity index (χ1v) is 6.30. The van der Waals surface area contributed by atoms with Gasteiger partial charge in [0.15, 0.2) is 0 Å². The molecule has 0 spiro atoms. The highest BCUT2D eigenvalue weighted by molar-refractivity contribution is 6.02. The lowest BCUT2D eigenvalue weighted by molar-refractivity contribution is -0.114. The summed E-state index contributed by atoms with van der Waals surface area (Å²) in [4.78, 5) is 11.6. The van der Waals surface area contributed by atoms with Gasteiger partial charge in [-0.3, -0.25) is 4.79 Å². The summed E-state index contributed by atoms with van der Waals surface area (Å²) < 4.78 is 0. The summed E-state index contributed by atoms with van der Waals surface area (Å²) in [7, 11) is 0. The van der Waals surface area contributed by atoms with E-state index in [9.17, 15) is 4.79 Å². The van der Waals surface area contributed by atoms with Crippen molar-refractivity contribution >= 4 is 11.5 Å². The molecule has 0 heterocycles. The van der Waals surface area contributed by atoms with Gasteiger partial charge in [0, 0.05) is 5.57 Å². The molecule has 2 heteroatoms. The first kappa shape index (κ1) is 10.6. The molecule has 1 amide bonds. The van der Waals surface area contributed by atoms with Crippen molar-refractivity contribution in [2.45, 2.75) is 32.6 Å². The lowest BCUT2D eigenvalue weighted by atomic mass is 9.96. The van der Waals surface area contributed by atoms with Crippen LogP contribution >= 0.6 is 0 Å². The summed E-state index contributed by atoms with van der Waals surface area (Å²) in [6, 6.07) is 6.35. The Kier molecular flexibility index (Phi) is 2.32. The molecule has 2 nitrogen and oxygen atoms in total. The summed E-state index contributed by atoms with van der Waals surface area (Å²) in [5.41, 5.74) is 11.7. The number of nitrogens with two attached hydrogens (primary N) is 1. The minimum Gasteiger partial charge on any atom is -0.366 e. The quantitative estimate of drug-likeness (QED) is 0.775. The molecule has 1 fully saturated rings. The second-order valence-corrected chi connectivity index (χ2v) is 5.13. The standard InChI is InChI=1S/C15H17NO/c1-9-3-2-4-12-11(9)7-8-13(12)14(15(16)17)10-5-6-10/h2-4,10H,5-8H2,1H3,(H2,16,17). The molecular weight excluding hydrogens is 210 g/mol. The molecular formula is C15H17NO. The minimum atomic E-state index is -0.211. The number of fused-ring (bicyclic) bond motifs is 1. The van der Waals surface area contributed by atoms with E-state index < -0.39 is 0 Å².